The molecule has 0 N–H and O–H groups in total. The topological polar surface area (TPSA) is 51.9 Å². The third kappa shape index (κ3) is 4.77. The smallest absolute Gasteiger partial charge is 0.174 e. The summed E-state index contributed by atoms with van der Waals surface area (Å²) in [5.74, 6) is 2.43. The average Bonchev–Trinajstić information content (AvgIpc) is 3.20. The summed E-state index contributed by atoms with van der Waals surface area (Å²) in [5.41, 5.74) is 2.75. The summed E-state index contributed by atoms with van der Waals surface area (Å²) in [6.45, 7) is 7.00. The van der Waals surface area contributed by atoms with Gasteiger partial charge in [0.25, 0.3) is 0 Å². The molecule has 3 rings (SSSR count). The van der Waals surface area contributed by atoms with Gasteiger partial charge in [-0.05, 0) is 44.0 Å². The molecule has 7 heteroatoms. The van der Waals surface area contributed by atoms with Crippen molar-refractivity contribution in [3.8, 4) is 22.8 Å². The van der Waals surface area contributed by atoms with Gasteiger partial charge in [0.05, 0.1) is 19.4 Å². The average molecular weight is 401 g/mol. The molecule has 150 valence electrons. The van der Waals surface area contributed by atoms with Crippen molar-refractivity contribution < 1.29 is 9.47 Å². The second kappa shape index (κ2) is 9.80. The zero-order valence-corrected chi connectivity index (χ0v) is 17.8. The van der Waals surface area contributed by atoms with Crippen molar-refractivity contribution in [2.24, 2.45) is 0 Å². The maximum Gasteiger partial charge on any atom is 0.174 e. The maximum absolute atomic E-state index is 5.94. The number of fused-ring (bicyclic) bond motifs is 1. The Bertz CT molecular complexity index is 913. The first-order chi connectivity index (χ1) is 13.7. The van der Waals surface area contributed by atoms with E-state index in [0.717, 1.165) is 58.8 Å². The molecular weight excluding hydrogens is 372 g/mol. The summed E-state index contributed by atoms with van der Waals surface area (Å²) in [6, 6.07) is 7.96. The zero-order valence-electron chi connectivity index (χ0n) is 17.0. The molecule has 0 amide bonds. The Balaban J connectivity index is 1.80. The largest absolute Gasteiger partial charge is 0.493 e. The number of methoxy groups -OCH3 is 1. The highest BCUT2D eigenvalue weighted by Gasteiger charge is 2.12. The summed E-state index contributed by atoms with van der Waals surface area (Å²) in [7, 11) is 3.78. The van der Waals surface area contributed by atoms with Gasteiger partial charge in [-0.1, -0.05) is 25.6 Å². The minimum atomic E-state index is 0.662. The Morgan fingerprint density at radius 1 is 1.18 bits per heavy atom. The van der Waals surface area contributed by atoms with E-state index in [-0.39, 0.29) is 0 Å². The molecule has 1 aromatic carbocycles. The second-order valence-corrected chi connectivity index (χ2v) is 7.71. The van der Waals surface area contributed by atoms with Gasteiger partial charge in [0.1, 0.15) is 5.65 Å². The van der Waals surface area contributed by atoms with Crippen LogP contribution in [0.15, 0.2) is 41.8 Å². The number of rotatable bonds is 10. The van der Waals surface area contributed by atoms with Crippen molar-refractivity contribution in [1.82, 2.24) is 19.3 Å². The van der Waals surface area contributed by atoms with Crippen LogP contribution < -0.4 is 9.47 Å². The molecule has 0 fully saturated rings. The zero-order chi connectivity index (χ0) is 19.9. The summed E-state index contributed by atoms with van der Waals surface area (Å²) in [6.07, 6.45) is 4.72. The van der Waals surface area contributed by atoms with Crippen molar-refractivity contribution in [1.29, 1.82) is 0 Å². The summed E-state index contributed by atoms with van der Waals surface area (Å²) < 4.78 is 13.5. The molecule has 6 nitrogen and oxygen atoms in total. The molecule has 0 atom stereocenters. The van der Waals surface area contributed by atoms with Crippen LogP contribution in [0.2, 0.25) is 0 Å². The van der Waals surface area contributed by atoms with E-state index >= 15 is 0 Å². The third-order valence-corrected chi connectivity index (χ3v) is 5.41. The van der Waals surface area contributed by atoms with Gasteiger partial charge in [0.15, 0.2) is 16.7 Å². The van der Waals surface area contributed by atoms with Crippen LogP contribution in [0.3, 0.4) is 0 Å². The molecular formula is C21H28N4O2S. The number of imidazole rings is 1. The van der Waals surface area contributed by atoms with Gasteiger partial charge in [-0.3, -0.25) is 4.40 Å². The van der Waals surface area contributed by atoms with E-state index in [0.29, 0.717) is 6.61 Å². The Morgan fingerprint density at radius 2 is 2.04 bits per heavy atom. The van der Waals surface area contributed by atoms with E-state index in [1.807, 2.05) is 34.9 Å². The predicted octanol–water partition coefficient (Wildman–Crippen LogP) is 4.24. The van der Waals surface area contributed by atoms with Crippen molar-refractivity contribution in [3.05, 3.63) is 36.7 Å². The Labute approximate surface area is 170 Å². The lowest BCUT2D eigenvalue weighted by Crippen LogP contribution is -2.20. The van der Waals surface area contributed by atoms with Crippen LogP contribution in [-0.4, -0.2) is 58.9 Å². The van der Waals surface area contributed by atoms with E-state index in [4.69, 9.17) is 14.5 Å². The van der Waals surface area contributed by atoms with E-state index in [2.05, 4.69) is 30.8 Å². The van der Waals surface area contributed by atoms with E-state index in [9.17, 15) is 0 Å². The Kier molecular flexibility index (Phi) is 7.17. The van der Waals surface area contributed by atoms with Crippen LogP contribution in [0.1, 0.15) is 20.3 Å². The molecule has 0 unspecified atom stereocenters. The molecule has 0 spiro atoms. The molecule has 0 aliphatic rings. The normalized spacial score (nSPS) is 11.3. The number of hydrogen-bond donors (Lipinski definition) is 0. The lowest BCUT2D eigenvalue weighted by Gasteiger charge is -2.15. The van der Waals surface area contributed by atoms with Gasteiger partial charge >= 0.3 is 0 Å². The second-order valence-electron chi connectivity index (χ2n) is 6.48. The fraction of sp³-hybridized carbons (Fsp3) is 0.429. The van der Waals surface area contributed by atoms with Crippen LogP contribution in [-0.2, 0) is 0 Å². The van der Waals surface area contributed by atoms with Crippen molar-refractivity contribution >= 4 is 17.4 Å². The minimum absolute atomic E-state index is 0.662. The molecule has 0 aliphatic carbocycles. The molecule has 0 saturated carbocycles. The molecule has 0 saturated heterocycles. The molecule has 3 aromatic rings. The van der Waals surface area contributed by atoms with Gasteiger partial charge in [0.2, 0.25) is 0 Å². The number of thioether (sulfide) groups is 1. The molecule has 28 heavy (non-hydrogen) atoms. The molecule has 0 bridgehead atoms. The first-order valence-electron chi connectivity index (χ1n) is 9.63. The maximum atomic E-state index is 5.94. The van der Waals surface area contributed by atoms with Gasteiger partial charge in [0, 0.05) is 30.6 Å². The summed E-state index contributed by atoms with van der Waals surface area (Å²) in [4.78, 5) is 11.5. The summed E-state index contributed by atoms with van der Waals surface area (Å²) >= 11 is 1.70. The van der Waals surface area contributed by atoms with Crippen LogP contribution in [0.4, 0.5) is 0 Å². The fourth-order valence-corrected chi connectivity index (χ4v) is 3.61. The van der Waals surface area contributed by atoms with Gasteiger partial charge in [-0.2, -0.15) is 0 Å². The molecule has 0 radical (unpaired) electrons. The molecule has 2 heterocycles. The quantitative estimate of drug-likeness (QED) is 0.288. The SMILES string of the molecule is CCSc1nc(-c2ccc(OCCCN(C)CC)c(OC)c2)cc2nccn12. The van der Waals surface area contributed by atoms with E-state index in [1.165, 1.54) is 0 Å². The van der Waals surface area contributed by atoms with E-state index < -0.39 is 0 Å². The number of benzene rings is 1. The fourth-order valence-electron chi connectivity index (χ4n) is 2.89. The van der Waals surface area contributed by atoms with Crippen molar-refractivity contribution in [3.63, 3.8) is 0 Å². The highest BCUT2D eigenvalue weighted by atomic mass is 32.2. The van der Waals surface area contributed by atoms with Crippen molar-refractivity contribution in [2.75, 3.05) is 39.6 Å². The number of ether oxygens (including phenoxy) is 2. The third-order valence-electron chi connectivity index (χ3n) is 4.57. The van der Waals surface area contributed by atoms with Gasteiger partial charge < -0.3 is 14.4 Å². The standard InChI is InChI=1S/C21H28N4O2S/c1-5-24(3)11-7-13-27-18-9-8-16(14-19(18)26-4)17-15-20-22-10-12-25(20)21(23-17)28-6-2/h8-10,12,14-15H,5-7,11,13H2,1-4H3. The van der Waals surface area contributed by atoms with Crippen LogP contribution in [0, 0.1) is 0 Å². The van der Waals surface area contributed by atoms with Crippen molar-refractivity contribution in [2.45, 2.75) is 25.4 Å². The molecule has 2 aromatic heterocycles. The first-order valence-corrected chi connectivity index (χ1v) is 10.6. The van der Waals surface area contributed by atoms with Crippen LogP contribution in [0.5, 0.6) is 11.5 Å². The lowest BCUT2D eigenvalue weighted by molar-refractivity contribution is 0.258. The summed E-state index contributed by atoms with van der Waals surface area (Å²) in [5, 5.41) is 0.937. The Hall–Kier alpha value is -2.25. The lowest BCUT2D eigenvalue weighted by atomic mass is 10.1. The minimum Gasteiger partial charge on any atom is -0.493 e. The van der Waals surface area contributed by atoms with Gasteiger partial charge in [-0.15, -0.1) is 0 Å². The van der Waals surface area contributed by atoms with Crippen LogP contribution >= 0.6 is 11.8 Å². The molecule has 0 aliphatic heterocycles. The highest BCUT2D eigenvalue weighted by molar-refractivity contribution is 7.99. The first kappa shape index (κ1) is 20.5. The Morgan fingerprint density at radius 3 is 2.79 bits per heavy atom. The monoisotopic (exact) mass is 400 g/mol. The van der Waals surface area contributed by atoms with Crippen LogP contribution in [0.25, 0.3) is 16.9 Å². The number of hydrogen-bond acceptors (Lipinski definition) is 6. The number of nitrogens with zero attached hydrogens (tertiary/aromatic N) is 4. The van der Waals surface area contributed by atoms with E-state index in [1.54, 1.807) is 25.1 Å². The predicted molar refractivity (Wildman–Crippen MR) is 115 cm³/mol. The highest BCUT2D eigenvalue weighted by Crippen LogP contribution is 2.33. The number of aromatic nitrogens is 3. The van der Waals surface area contributed by atoms with Gasteiger partial charge in [-0.25, -0.2) is 9.97 Å².